The first-order valence-corrected chi connectivity index (χ1v) is 7.82. The number of hydrogen-bond acceptors (Lipinski definition) is 3. The third kappa shape index (κ3) is 1.96. The van der Waals surface area contributed by atoms with E-state index in [1.165, 1.54) is 0 Å². The minimum absolute atomic E-state index is 0.165. The maximum absolute atomic E-state index is 9.14. The highest BCUT2D eigenvalue weighted by Gasteiger charge is 2.43. The highest BCUT2D eigenvalue weighted by molar-refractivity contribution is 6.20. The van der Waals surface area contributed by atoms with Crippen LogP contribution >= 0.6 is 11.6 Å². The maximum Gasteiger partial charge on any atom is 0.128 e. The van der Waals surface area contributed by atoms with Crippen molar-refractivity contribution in [1.82, 2.24) is 9.55 Å². The number of ether oxygens (including phenoxy) is 1. The van der Waals surface area contributed by atoms with Gasteiger partial charge in [0.1, 0.15) is 5.82 Å². The standard InChI is InChI=1S/C16H16ClN3O/c1-9(17)16-19-12-4-2-10(8-18)6-13(12)20(16)14-7-11-3-5-15(14)21-11/h2,4,6,9,11,14-15H,3,5,7H2,1H3. The van der Waals surface area contributed by atoms with Crippen molar-refractivity contribution in [3.8, 4) is 6.07 Å². The van der Waals surface area contributed by atoms with Gasteiger partial charge in [-0.05, 0) is 44.4 Å². The largest absolute Gasteiger partial charge is 0.373 e. The van der Waals surface area contributed by atoms with Crippen LogP contribution in [0.25, 0.3) is 11.0 Å². The minimum atomic E-state index is -0.165. The molecule has 0 spiro atoms. The second kappa shape index (κ2) is 4.72. The van der Waals surface area contributed by atoms with Gasteiger partial charge in [0.25, 0.3) is 0 Å². The zero-order valence-electron chi connectivity index (χ0n) is 11.8. The molecule has 4 unspecified atom stereocenters. The molecule has 2 fully saturated rings. The van der Waals surface area contributed by atoms with Crippen LogP contribution in [0, 0.1) is 11.3 Å². The van der Waals surface area contributed by atoms with Crippen LogP contribution in [0.2, 0.25) is 0 Å². The van der Waals surface area contributed by atoms with Crippen molar-refractivity contribution in [3.63, 3.8) is 0 Å². The molecule has 108 valence electrons. The zero-order chi connectivity index (χ0) is 14.6. The van der Waals surface area contributed by atoms with Gasteiger partial charge in [0, 0.05) is 0 Å². The summed E-state index contributed by atoms with van der Waals surface area (Å²) in [4.78, 5) is 4.68. The predicted molar refractivity (Wildman–Crippen MR) is 80.3 cm³/mol. The van der Waals surface area contributed by atoms with E-state index in [4.69, 9.17) is 21.6 Å². The van der Waals surface area contributed by atoms with E-state index >= 15 is 0 Å². The van der Waals surface area contributed by atoms with Crippen LogP contribution in [0.15, 0.2) is 18.2 Å². The van der Waals surface area contributed by atoms with Gasteiger partial charge in [-0.25, -0.2) is 4.98 Å². The molecule has 1 aromatic carbocycles. The predicted octanol–water partition coefficient (Wildman–Crippen LogP) is 3.70. The Kier molecular flexibility index (Phi) is 2.95. The summed E-state index contributed by atoms with van der Waals surface area (Å²) in [6.45, 7) is 1.94. The monoisotopic (exact) mass is 301 g/mol. The molecule has 4 rings (SSSR count). The topological polar surface area (TPSA) is 50.8 Å². The average molecular weight is 302 g/mol. The van der Waals surface area contributed by atoms with Crippen LogP contribution in [0.4, 0.5) is 0 Å². The Morgan fingerprint density at radius 1 is 1.48 bits per heavy atom. The van der Waals surface area contributed by atoms with E-state index in [9.17, 15) is 0 Å². The maximum atomic E-state index is 9.14. The van der Waals surface area contributed by atoms with Crippen LogP contribution in [-0.4, -0.2) is 21.8 Å². The summed E-state index contributed by atoms with van der Waals surface area (Å²) in [5.41, 5.74) is 2.55. The number of nitrogens with zero attached hydrogens (tertiary/aromatic N) is 3. The molecular formula is C16H16ClN3O. The van der Waals surface area contributed by atoms with Crippen molar-refractivity contribution < 1.29 is 4.74 Å². The summed E-state index contributed by atoms with van der Waals surface area (Å²) in [5.74, 6) is 0.878. The van der Waals surface area contributed by atoms with E-state index in [1.54, 1.807) is 6.07 Å². The van der Waals surface area contributed by atoms with E-state index in [0.717, 1.165) is 36.1 Å². The number of benzene rings is 1. The Hall–Kier alpha value is -1.57. The first-order chi connectivity index (χ1) is 10.2. The van der Waals surface area contributed by atoms with E-state index in [1.807, 2.05) is 19.1 Å². The first-order valence-electron chi connectivity index (χ1n) is 7.39. The normalized spacial score (nSPS) is 28.9. The van der Waals surface area contributed by atoms with Crippen molar-refractivity contribution in [2.75, 3.05) is 0 Å². The Bertz CT molecular complexity index is 746. The molecule has 3 heterocycles. The quantitative estimate of drug-likeness (QED) is 0.795. The minimum Gasteiger partial charge on any atom is -0.373 e. The lowest BCUT2D eigenvalue weighted by molar-refractivity contribution is 0.0939. The van der Waals surface area contributed by atoms with E-state index in [0.29, 0.717) is 17.7 Å². The van der Waals surface area contributed by atoms with Crippen molar-refractivity contribution in [2.24, 2.45) is 0 Å². The smallest absolute Gasteiger partial charge is 0.128 e. The molecule has 4 nitrogen and oxygen atoms in total. The Morgan fingerprint density at radius 2 is 2.33 bits per heavy atom. The molecule has 1 aromatic heterocycles. The molecule has 2 saturated heterocycles. The summed E-state index contributed by atoms with van der Waals surface area (Å²) >= 11 is 6.34. The number of alkyl halides is 1. The fourth-order valence-electron chi connectivity index (χ4n) is 3.69. The van der Waals surface area contributed by atoms with E-state index < -0.39 is 0 Å². The summed E-state index contributed by atoms with van der Waals surface area (Å²) in [6, 6.07) is 8.12. The number of rotatable bonds is 2. The summed E-state index contributed by atoms with van der Waals surface area (Å²) in [5, 5.41) is 8.98. The van der Waals surface area contributed by atoms with Crippen LogP contribution in [0.3, 0.4) is 0 Å². The summed E-state index contributed by atoms with van der Waals surface area (Å²) < 4.78 is 8.21. The molecule has 2 aromatic rings. The molecule has 5 heteroatoms. The van der Waals surface area contributed by atoms with Gasteiger partial charge < -0.3 is 9.30 Å². The molecule has 0 aliphatic carbocycles. The van der Waals surface area contributed by atoms with Gasteiger partial charge in [-0.1, -0.05) is 0 Å². The highest BCUT2D eigenvalue weighted by Crippen LogP contribution is 2.44. The lowest BCUT2D eigenvalue weighted by Gasteiger charge is -2.24. The zero-order valence-corrected chi connectivity index (χ0v) is 12.5. The second-order valence-electron chi connectivity index (χ2n) is 5.95. The molecule has 0 N–H and O–H groups in total. The Morgan fingerprint density at radius 3 is 2.95 bits per heavy atom. The molecule has 4 atom stereocenters. The van der Waals surface area contributed by atoms with Gasteiger partial charge in [-0.15, -0.1) is 11.6 Å². The SMILES string of the molecule is CC(Cl)c1nc2ccc(C#N)cc2n1C1CC2CCC1O2. The molecule has 0 radical (unpaired) electrons. The number of nitriles is 1. The second-order valence-corrected chi connectivity index (χ2v) is 6.60. The number of aromatic nitrogens is 2. The van der Waals surface area contributed by atoms with Gasteiger partial charge in [-0.2, -0.15) is 5.26 Å². The van der Waals surface area contributed by atoms with Crippen molar-refractivity contribution in [2.45, 2.75) is 49.8 Å². The van der Waals surface area contributed by atoms with Crippen LogP contribution in [-0.2, 0) is 4.74 Å². The lowest BCUT2D eigenvalue weighted by Crippen LogP contribution is -2.22. The molecule has 2 aliphatic heterocycles. The van der Waals surface area contributed by atoms with Gasteiger partial charge in [0.2, 0.25) is 0 Å². The molecular weight excluding hydrogens is 286 g/mol. The van der Waals surface area contributed by atoms with Crippen LogP contribution in [0.1, 0.15) is 49.0 Å². The third-order valence-corrected chi connectivity index (χ3v) is 4.80. The Labute approximate surface area is 128 Å². The molecule has 2 aliphatic rings. The number of fused-ring (bicyclic) bond motifs is 3. The van der Waals surface area contributed by atoms with E-state index in [-0.39, 0.29) is 11.5 Å². The molecule has 21 heavy (non-hydrogen) atoms. The first kappa shape index (κ1) is 13.1. The fourth-order valence-corrected chi connectivity index (χ4v) is 3.85. The summed E-state index contributed by atoms with van der Waals surface area (Å²) in [6.07, 6.45) is 3.90. The van der Waals surface area contributed by atoms with Crippen molar-refractivity contribution in [3.05, 3.63) is 29.6 Å². The van der Waals surface area contributed by atoms with Gasteiger partial charge in [0.05, 0.1) is 46.3 Å². The van der Waals surface area contributed by atoms with Crippen molar-refractivity contribution >= 4 is 22.6 Å². The van der Waals surface area contributed by atoms with Crippen LogP contribution in [0.5, 0.6) is 0 Å². The van der Waals surface area contributed by atoms with Gasteiger partial charge in [-0.3, -0.25) is 0 Å². The molecule has 0 saturated carbocycles. The summed E-state index contributed by atoms with van der Waals surface area (Å²) in [7, 11) is 0. The Balaban J connectivity index is 1.92. The number of halogens is 1. The highest BCUT2D eigenvalue weighted by atomic mass is 35.5. The third-order valence-electron chi connectivity index (χ3n) is 4.61. The lowest BCUT2D eigenvalue weighted by atomic mass is 9.95. The number of imidazole rings is 1. The van der Waals surface area contributed by atoms with E-state index in [2.05, 4.69) is 15.6 Å². The fraction of sp³-hybridized carbons (Fsp3) is 0.500. The number of hydrogen-bond donors (Lipinski definition) is 0. The molecule has 0 amide bonds. The van der Waals surface area contributed by atoms with Gasteiger partial charge >= 0.3 is 0 Å². The average Bonchev–Trinajstić information content (AvgIpc) is 3.18. The molecule has 2 bridgehead atoms. The van der Waals surface area contributed by atoms with Crippen molar-refractivity contribution in [1.29, 1.82) is 5.26 Å². The van der Waals surface area contributed by atoms with Gasteiger partial charge in [0.15, 0.2) is 0 Å². The van der Waals surface area contributed by atoms with Crippen LogP contribution < -0.4 is 0 Å².